The second-order valence-corrected chi connectivity index (χ2v) is 4.49. The number of rotatable bonds is 6. The minimum absolute atomic E-state index is 0.288. The number of hydrogen-bond acceptors (Lipinski definition) is 3. The zero-order valence-electron chi connectivity index (χ0n) is 9.16. The van der Waals surface area contributed by atoms with Gasteiger partial charge in [-0.2, -0.15) is 0 Å². The van der Waals surface area contributed by atoms with Crippen LogP contribution in [0.5, 0.6) is 0 Å². The van der Waals surface area contributed by atoms with Crippen LogP contribution in [0.25, 0.3) is 0 Å². The highest BCUT2D eigenvalue weighted by atomic mass is 16.5. The molecule has 2 N–H and O–H groups in total. The van der Waals surface area contributed by atoms with Gasteiger partial charge in [-0.1, -0.05) is 19.8 Å². The molecule has 0 aliphatic heterocycles. The van der Waals surface area contributed by atoms with Gasteiger partial charge in [0.05, 0.1) is 7.11 Å². The Morgan fingerprint density at radius 1 is 1.50 bits per heavy atom. The largest absolute Gasteiger partial charge is 0.468 e. The first-order valence-corrected chi connectivity index (χ1v) is 5.47. The molecule has 0 spiro atoms. The lowest BCUT2D eigenvalue weighted by Gasteiger charge is -2.13. The van der Waals surface area contributed by atoms with E-state index in [0.717, 1.165) is 18.8 Å². The lowest BCUT2D eigenvalue weighted by Crippen LogP contribution is -2.31. The zero-order valence-corrected chi connectivity index (χ0v) is 9.16. The van der Waals surface area contributed by atoms with Crippen LogP contribution in [0.1, 0.15) is 39.0 Å². The van der Waals surface area contributed by atoms with E-state index in [9.17, 15) is 4.79 Å². The van der Waals surface area contributed by atoms with Crippen molar-refractivity contribution in [2.75, 3.05) is 7.11 Å². The molecule has 3 heteroatoms. The number of carbonyl (C=O) groups is 1. The van der Waals surface area contributed by atoms with Gasteiger partial charge in [-0.05, 0) is 31.1 Å². The molecule has 0 aromatic heterocycles. The van der Waals surface area contributed by atoms with Crippen LogP contribution in [-0.2, 0) is 9.53 Å². The van der Waals surface area contributed by atoms with Crippen LogP contribution >= 0.6 is 0 Å². The minimum atomic E-state index is -0.429. The van der Waals surface area contributed by atoms with Crippen molar-refractivity contribution >= 4 is 5.97 Å². The van der Waals surface area contributed by atoms with Crippen molar-refractivity contribution in [2.45, 2.75) is 45.1 Å². The summed E-state index contributed by atoms with van der Waals surface area (Å²) in [7, 11) is 1.38. The molecular weight excluding hydrogens is 178 g/mol. The molecule has 0 aromatic rings. The summed E-state index contributed by atoms with van der Waals surface area (Å²) < 4.78 is 4.57. The van der Waals surface area contributed by atoms with Crippen LogP contribution in [0.15, 0.2) is 0 Å². The van der Waals surface area contributed by atoms with E-state index in [2.05, 4.69) is 11.7 Å². The average Bonchev–Trinajstić information content (AvgIpc) is 2.96. The number of hydrogen-bond donors (Lipinski definition) is 1. The third-order valence-corrected chi connectivity index (χ3v) is 2.91. The summed E-state index contributed by atoms with van der Waals surface area (Å²) in [6.07, 6.45) is 5.88. The molecule has 0 bridgehead atoms. The van der Waals surface area contributed by atoms with Crippen molar-refractivity contribution < 1.29 is 9.53 Å². The Morgan fingerprint density at radius 2 is 2.14 bits per heavy atom. The molecule has 0 saturated heterocycles. The van der Waals surface area contributed by atoms with Crippen molar-refractivity contribution in [1.82, 2.24) is 0 Å². The molecule has 14 heavy (non-hydrogen) atoms. The maximum absolute atomic E-state index is 11.0. The first-order chi connectivity index (χ1) is 6.63. The molecule has 0 heterocycles. The quantitative estimate of drug-likeness (QED) is 0.662. The summed E-state index contributed by atoms with van der Waals surface area (Å²) in [5.74, 6) is 1.36. The van der Waals surface area contributed by atoms with Crippen LogP contribution in [0, 0.1) is 11.8 Å². The SMILES string of the molecule is COC(=O)C(N)CCC(C)CC1CC1. The van der Waals surface area contributed by atoms with Crippen molar-refractivity contribution in [1.29, 1.82) is 0 Å². The van der Waals surface area contributed by atoms with Gasteiger partial charge in [0.2, 0.25) is 0 Å². The fraction of sp³-hybridized carbons (Fsp3) is 0.909. The highest BCUT2D eigenvalue weighted by Crippen LogP contribution is 2.36. The van der Waals surface area contributed by atoms with Gasteiger partial charge in [0.15, 0.2) is 0 Å². The van der Waals surface area contributed by atoms with E-state index in [4.69, 9.17) is 5.73 Å². The predicted octanol–water partition coefficient (Wildman–Crippen LogP) is 1.70. The Labute approximate surface area is 86.0 Å². The van der Waals surface area contributed by atoms with Gasteiger partial charge in [-0.3, -0.25) is 4.79 Å². The van der Waals surface area contributed by atoms with Gasteiger partial charge in [-0.15, -0.1) is 0 Å². The Bertz CT molecular complexity index is 190. The number of esters is 1. The molecule has 2 atom stereocenters. The predicted molar refractivity (Wildman–Crippen MR) is 55.7 cm³/mol. The molecule has 1 aliphatic rings. The summed E-state index contributed by atoms with van der Waals surface area (Å²) in [6.45, 7) is 2.24. The molecule has 1 fully saturated rings. The van der Waals surface area contributed by atoms with Crippen LogP contribution in [0.4, 0.5) is 0 Å². The summed E-state index contributed by atoms with van der Waals surface area (Å²) >= 11 is 0. The maximum Gasteiger partial charge on any atom is 0.322 e. The van der Waals surface area contributed by atoms with E-state index in [0.29, 0.717) is 5.92 Å². The summed E-state index contributed by atoms with van der Waals surface area (Å²) in [5.41, 5.74) is 5.65. The van der Waals surface area contributed by atoms with Crippen LogP contribution in [0.3, 0.4) is 0 Å². The number of ether oxygens (including phenoxy) is 1. The molecule has 0 radical (unpaired) electrons. The average molecular weight is 199 g/mol. The Morgan fingerprint density at radius 3 is 2.64 bits per heavy atom. The molecule has 0 aromatic carbocycles. The van der Waals surface area contributed by atoms with Crippen LogP contribution in [-0.4, -0.2) is 19.1 Å². The first-order valence-electron chi connectivity index (χ1n) is 5.47. The second kappa shape index (κ2) is 5.35. The van der Waals surface area contributed by atoms with Crippen LogP contribution in [0.2, 0.25) is 0 Å². The molecule has 2 unspecified atom stereocenters. The highest BCUT2D eigenvalue weighted by molar-refractivity contribution is 5.75. The van der Waals surface area contributed by atoms with E-state index in [1.54, 1.807) is 0 Å². The summed E-state index contributed by atoms with van der Waals surface area (Å²) in [6, 6.07) is -0.429. The summed E-state index contributed by atoms with van der Waals surface area (Å²) in [5, 5.41) is 0. The van der Waals surface area contributed by atoms with Gasteiger partial charge < -0.3 is 10.5 Å². The third kappa shape index (κ3) is 4.09. The van der Waals surface area contributed by atoms with Gasteiger partial charge in [0.1, 0.15) is 6.04 Å². The smallest absolute Gasteiger partial charge is 0.322 e. The standard InChI is InChI=1S/C11H21NO2/c1-8(7-9-4-5-9)3-6-10(12)11(13)14-2/h8-10H,3-7,12H2,1-2H3. The molecule has 1 aliphatic carbocycles. The van der Waals surface area contributed by atoms with Gasteiger partial charge >= 0.3 is 5.97 Å². The first kappa shape index (κ1) is 11.5. The summed E-state index contributed by atoms with van der Waals surface area (Å²) in [4.78, 5) is 11.0. The number of carbonyl (C=O) groups excluding carboxylic acids is 1. The van der Waals surface area contributed by atoms with Crippen molar-refractivity contribution in [3.63, 3.8) is 0 Å². The second-order valence-electron chi connectivity index (χ2n) is 4.49. The number of methoxy groups -OCH3 is 1. The lowest BCUT2D eigenvalue weighted by atomic mass is 9.96. The van der Waals surface area contributed by atoms with E-state index in [1.165, 1.54) is 26.4 Å². The molecule has 0 amide bonds. The van der Waals surface area contributed by atoms with Crippen molar-refractivity contribution in [3.05, 3.63) is 0 Å². The number of nitrogens with two attached hydrogens (primary N) is 1. The monoisotopic (exact) mass is 199 g/mol. The molecule has 1 rings (SSSR count). The fourth-order valence-corrected chi connectivity index (χ4v) is 1.77. The Balaban J connectivity index is 2.08. The zero-order chi connectivity index (χ0) is 10.6. The van der Waals surface area contributed by atoms with E-state index >= 15 is 0 Å². The van der Waals surface area contributed by atoms with Gasteiger partial charge in [-0.25, -0.2) is 0 Å². The minimum Gasteiger partial charge on any atom is -0.468 e. The van der Waals surface area contributed by atoms with Crippen molar-refractivity contribution in [2.24, 2.45) is 17.6 Å². The molecule has 82 valence electrons. The van der Waals surface area contributed by atoms with E-state index in [1.807, 2.05) is 0 Å². The topological polar surface area (TPSA) is 52.3 Å². The van der Waals surface area contributed by atoms with Gasteiger partial charge in [0, 0.05) is 0 Å². The lowest BCUT2D eigenvalue weighted by molar-refractivity contribution is -0.142. The van der Waals surface area contributed by atoms with E-state index < -0.39 is 6.04 Å². The molecule has 3 nitrogen and oxygen atoms in total. The van der Waals surface area contributed by atoms with E-state index in [-0.39, 0.29) is 5.97 Å². The molecule has 1 saturated carbocycles. The van der Waals surface area contributed by atoms with Crippen LogP contribution < -0.4 is 5.73 Å². The molecular formula is C11H21NO2. The Hall–Kier alpha value is -0.570. The highest BCUT2D eigenvalue weighted by Gasteiger charge is 2.24. The fourth-order valence-electron chi connectivity index (χ4n) is 1.77. The normalized spacial score (nSPS) is 20.2. The Kier molecular flexibility index (Phi) is 4.39. The third-order valence-electron chi connectivity index (χ3n) is 2.91. The maximum atomic E-state index is 11.0. The van der Waals surface area contributed by atoms with Crippen molar-refractivity contribution in [3.8, 4) is 0 Å². The van der Waals surface area contributed by atoms with Gasteiger partial charge in [0.25, 0.3) is 0 Å².